The molecular weight excluding hydrogens is 192 g/mol. The van der Waals surface area contributed by atoms with Gasteiger partial charge in [0.25, 0.3) is 0 Å². The number of nitrogens with one attached hydrogen (secondary N) is 1. The van der Waals surface area contributed by atoms with Crippen molar-refractivity contribution >= 4 is 22.9 Å². The molecule has 2 heterocycles. The van der Waals surface area contributed by atoms with Crippen LogP contribution in [0.1, 0.15) is 0 Å². The van der Waals surface area contributed by atoms with Gasteiger partial charge in [-0.1, -0.05) is 0 Å². The van der Waals surface area contributed by atoms with Crippen molar-refractivity contribution in [2.45, 2.75) is 0 Å². The van der Waals surface area contributed by atoms with Gasteiger partial charge in [-0.2, -0.15) is 9.97 Å². The predicted molar refractivity (Wildman–Crippen MR) is 60.3 cm³/mol. The van der Waals surface area contributed by atoms with Gasteiger partial charge in [0.05, 0.1) is 6.33 Å². The van der Waals surface area contributed by atoms with Crippen molar-refractivity contribution in [1.29, 1.82) is 0 Å². The molecule has 0 unspecified atom stereocenters. The van der Waals surface area contributed by atoms with Crippen LogP contribution in [0.3, 0.4) is 0 Å². The lowest BCUT2D eigenvalue weighted by Crippen LogP contribution is -2.17. The van der Waals surface area contributed by atoms with Crippen molar-refractivity contribution < 1.29 is 0 Å². The number of hydrogen-bond donors (Lipinski definition) is 1. The van der Waals surface area contributed by atoms with Gasteiger partial charge in [0.15, 0.2) is 11.5 Å². The number of H-pyrrole nitrogens is 1. The Morgan fingerprint density at radius 3 is 2.40 bits per heavy atom. The zero-order valence-corrected chi connectivity index (χ0v) is 9.31. The van der Waals surface area contributed by atoms with E-state index in [0.717, 1.165) is 11.3 Å². The molecular formula is C9H14N6. The molecule has 0 fully saturated rings. The Bertz CT molecular complexity index is 472. The van der Waals surface area contributed by atoms with Gasteiger partial charge >= 0.3 is 0 Å². The molecule has 0 amide bonds. The zero-order chi connectivity index (χ0) is 11.0. The number of aromatic amines is 1. The maximum absolute atomic E-state index is 4.44. The number of nitrogens with zero attached hydrogens (tertiary/aromatic N) is 5. The van der Waals surface area contributed by atoms with E-state index in [9.17, 15) is 0 Å². The van der Waals surface area contributed by atoms with E-state index in [1.807, 2.05) is 38.0 Å². The lowest BCUT2D eigenvalue weighted by atomic mass is 10.4. The molecule has 2 aromatic rings. The third kappa shape index (κ3) is 1.58. The number of anilines is 2. The Labute approximate surface area is 88.0 Å². The third-order valence-electron chi connectivity index (χ3n) is 2.08. The molecule has 0 aliphatic carbocycles. The summed E-state index contributed by atoms with van der Waals surface area (Å²) >= 11 is 0. The van der Waals surface area contributed by atoms with Crippen molar-refractivity contribution in [2.75, 3.05) is 38.0 Å². The van der Waals surface area contributed by atoms with Crippen molar-refractivity contribution in [3.8, 4) is 0 Å². The second-order valence-electron chi connectivity index (χ2n) is 3.74. The van der Waals surface area contributed by atoms with Crippen LogP contribution in [-0.2, 0) is 0 Å². The standard InChI is InChI=1S/C9H14N6/c1-14(2)8-6-7(11-5-10-6)12-9(13-8)15(3)4/h5H,1-4H3,(H,10,11,12,13). The summed E-state index contributed by atoms with van der Waals surface area (Å²) in [6.45, 7) is 0. The van der Waals surface area contributed by atoms with E-state index in [4.69, 9.17) is 0 Å². The summed E-state index contributed by atoms with van der Waals surface area (Å²) in [7, 11) is 7.71. The minimum absolute atomic E-state index is 0.665. The van der Waals surface area contributed by atoms with Crippen molar-refractivity contribution in [3.05, 3.63) is 6.33 Å². The summed E-state index contributed by atoms with van der Waals surface area (Å²) < 4.78 is 0. The molecule has 0 bridgehead atoms. The molecule has 15 heavy (non-hydrogen) atoms. The summed E-state index contributed by atoms with van der Waals surface area (Å²) in [5.74, 6) is 1.51. The molecule has 2 aromatic heterocycles. The van der Waals surface area contributed by atoms with Gasteiger partial charge in [-0.3, -0.25) is 0 Å². The van der Waals surface area contributed by atoms with Crippen molar-refractivity contribution in [1.82, 2.24) is 19.9 Å². The monoisotopic (exact) mass is 206 g/mol. The summed E-state index contributed by atoms with van der Waals surface area (Å²) in [6, 6.07) is 0. The molecule has 0 aliphatic heterocycles. The maximum atomic E-state index is 4.44. The van der Waals surface area contributed by atoms with Crippen LogP contribution in [0.25, 0.3) is 11.2 Å². The van der Waals surface area contributed by atoms with Gasteiger partial charge in [-0.15, -0.1) is 0 Å². The van der Waals surface area contributed by atoms with Crippen LogP contribution in [0.4, 0.5) is 11.8 Å². The molecule has 0 saturated heterocycles. The number of imidazole rings is 1. The minimum atomic E-state index is 0.665. The quantitative estimate of drug-likeness (QED) is 0.774. The lowest BCUT2D eigenvalue weighted by molar-refractivity contribution is 0.983. The lowest BCUT2D eigenvalue weighted by Gasteiger charge is -2.15. The molecule has 6 heteroatoms. The Morgan fingerprint density at radius 1 is 1.07 bits per heavy atom. The normalized spacial score (nSPS) is 10.7. The van der Waals surface area contributed by atoms with Crippen LogP contribution in [-0.4, -0.2) is 48.1 Å². The van der Waals surface area contributed by atoms with Gasteiger partial charge < -0.3 is 14.8 Å². The van der Waals surface area contributed by atoms with E-state index in [1.165, 1.54) is 0 Å². The predicted octanol–water partition coefficient (Wildman–Crippen LogP) is 0.485. The van der Waals surface area contributed by atoms with Crippen LogP contribution in [0.5, 0.6) is 0 Å². The van der Waals surface area contributed by atoms with Gasteiger partial charge in [-0.05, 0) is 0 Å². The molecule has 0 spiro atoms. The van der Waals surface area contributed by atoms with Crippen LogP contribution in [0.2, 0.25) is 0 Å². The Hall–Kier alpha value is -1.85. The second kappa shape index (κ2) is 3.38. The Kier molecular flexibility index (Phi) is 2.18. The van der Waals surface area contributed by atoms with E-state index in [-0.39, 0.29) is 0 Å². The number of hydrogen-bond acceptors (Lipinski definition) is 5. The third-order valence-corrected chi connectivity index (χ3v) is 2.08. The largest absolute Gasteiger partial charge is 0.361 e. The van der Waals surface area contributed by atoms with Gasteiger partial charge in [0, 0.05) is 28.2 Å². The second-order valence-corrected chi connectivity index (χ2v) is 3.74. The van der Waals surface area contributed by atoms with Crippen molar-refractivity contribution in [2.24, 2.45) is 0 Å². The first kappa shape index (κ1) is 9.70. The first-order valence-corrected chi connectivity index (χ1v) is 4.65. The summed E-state index contributed by atoms with van der Waals surface area (Å²) in [5.41, 5.74) is 1.56. The summed E-state index contributed by atoms with van der Waals surface area (Å²) in [6.07, 6.45) is 1.63. The first-order chi connectivity index (χ1) is 7.09. The average molecular weight is 206 g/mol. The van der Waals surface area contributed by atoms with E-state index < -0.39 is 0 Å². The molecule has 0 saturated carbocycles. The molecule has 6 nitrogen and oxygen atoms in total. The van der Waals surface area contributed by atoms with Crippen LogP contribution < -0.4 is 9.80 Å². The van der Waals surface area contributed by atoms with Crippen LogP contribution in [0, 0.1) is 0 Å². The molecule has 80 valence electrons. The highest BCUT2D eigenvalue weighted by molar-refractivity contribution is 5.84. The topological polar surface area (TPSA) is 60.9 Å². The highest BCUT2D eigenvalue weighted by Crippen LogP contribution is 2.21. The summed E-state index contributed by atoms with van der Waals surface area (Å²) in [5, 5.41) is 0. The SMILES string of the molecule is CN(C)c1nc(N(C)C)c2[nH]cnc2n1. The molecule has 2 rings (SSSR count). The number of rotatable bonds is 2. The van der Waals surface area contributed by atoms with Gasteiger partial charge in [0.1, 0.15) is 5.52 Å². The van der Waals surface area contributed by atoms with Gasteiger partial charge in [0.2, 0.25) is 5.95 Å². The van der Waals surface area contributed by atoms with Crippen LogP contribution in [0.15, 0.2) is 6.33 Å². The molecule has 0 radical (unpaired) electrons. The highest BCUT2D eigenvalue weighted by atomic mass is 15.3. The molecule has 0 aromatic carbocycles. The fourth-order valence-corrected chi connectivity index (χ4v) is 1.33. The maximum Gasteiger partial charge on any atom is 0.228 e. The Balaban J connectivity index is 2.69. The van der Waals surface area contributed by atoms with Crippen molar-refractivity contribution in [3.63, 3.8) is 0 Å². The Morgan fingerprint density at radius 2 is 1.80 bits per heavy atom. The number of aromatic nitrogens is 4. The van der Waals surface area contributed by atoms with Crippen LogP contribution >= 0.6 is 0 Å². The summed E-state index contributed by atoms with van der Waals surface area (Å²) in [4.78, 5) is 19.8. The smallest absolute Gasteiger partial charge is 0.228 e. The van der Waals surface area contributed by atoms with E-state index in [0.29, 0.717) is 11.6 Å². The fourth-order valence-electron chi connectivity index (χ4n) is 1.33. The first-order valence-electron chi connectivity index (χ1n) is 4.65. The number of fused-ring (bicyclic) bond motifs is 1. The van der Waals surface area contributed by atoms with E-state index in [1.54, 1.807) is 6.33 Å². The van der Waals surface area contributed by atoms with E-state index >= 15 is 0 Å². The van der Waals surface area contributed by atoms with Gasteiger partial charge in [-0.25, -0.2) is 4.98 Å². The molecule has 1 N–H and O–H groups in total. The van der Waals surface area contributed by atoms with E-state index in [2.05, 4.69) is 19.9 Å². The average Bonchev–Trinajstić information content (AvgIpc) is 2.62. The highest BCUT2D eigenvalue weighted by Gasteiger charge is 2.11. The molecule has 0 aliphatic rings. The minimum Gasteiger partial charge on any atom is -0.361 e. The fraction of sp³-hybridized carbons (Fsp3) is 0.444. The zero-order valence-electron chi connectivity index (χ0n) is 9.31. The molecule has 0 atom stereocenters.